The van der Waals surface area contributed by atoms with Crippen LogP contribution in [0, 0.1) is 17.8 Å². The van der Waals surface area contributed by atoms with Crippen molar-refractivity contribution in [1.82, 2.24) is 0 Å². The normalized spacial score (nSPS) is 12.1. The van der Waals surface area contributed by atoms with E-state index in [-0.39, 0.29) is 31.1 Å². The van der Waals surface area contributed by atoms with Gasteiger partial charge in [-0.05, 0) is 37.0 Å². The molecule has 0 bridgehead atoms. The fourth-order valence-corrected chi connectivity index (χ4v) is 8.29. The van der Waals surface area contributed by atoms with Crippen LogP contribution in [0.25, 0.3) is 0 Å². The fourth-order valence-electron chi connectivity index (χ4n) is 8.29. The first-order valence-electron chi connectivity index (χ1n) is 27.1. The maximum Gasteiger partial charge on any atom is 0.306 e. The first-order valence-corrected chi connectivity index (χ1v) is 27.1. The molecule has 0 saturated carbocycles. The lowest BCUT2D eigenvalue weighted by Gasteiger charge is -2.18. The SMILES string of the molecule is CC(C)CCCCCCCCCCCCCCCCCCC(=O)O[C@H](COC(=O)CCCCCCCCCCCCC(C)C)COC(=O)CCCCCCCCCCC(C)C. The molecule has 0 fully saturated rings. The molecule has 0 amide bonds. The standard InChI is InChI=1S/C55H106O6/c1-49(2)41-35-29-23-17-13-11-9-7-8-10-12-14-20-28-34-40-46-55(58)61-52(48-60-54(57)45-39-33-27-22-21-25-31-37-43-51(5)6)47-59-53(56)44-38-32-26-19-16-15-18-24-30-36-42-50(3)4/h49-52H,7-48H2,1-6H3/t52-/m1/s1. The minimum atomic E-state index is -0.763. The molecule has 0 aromatic carbocycles. The largest absolute Gasteiger partial charge is 0.462 e. The summed E-state index contributed by atoms with van der Waals surface area (Å²) in [6.07, 6.45) is 46.7. The zero-order chi connectivity index (χ0) is 44.9. The van der Waals surface area contributed by atoms with Crippen LogP contribution in [0.5, 0.6) is 0 Å². The Labute approximate surface area is 380 Å². The fraction of sp³-hybridized carbons (Fsp3) is 0.945. The van der Waals surface area contributed by atoms with Crippen LogP contribution in [0.4, 0.5) is 0 Å². The lowest BCUT2D eigenvalue weighted by molar-refractivity contribution is -0.167. The van der Waals surface area contributed by atoms with Crippen molar-refractivity contribution in [1.29, 1.82) is 0 Å². The van der Waals surface area contributed by atoms with Crippen LogP contribution in [0.1, 0.15) is 298 Å². The molecule has 0 aromatic rings. The quantitative estimate of drug-likeness (QED) is 0.0344. The smallest absolute Gasteiger partial charge is 0.306 e. The van der Waals surface area contributed by atoms with Gasteiger partial charge in [-0.3, -0.25) is 14.4 Å². The van der Waals surface area contributed by atoms with Crippen LogP contribution in [-0.2, 0) is 28.6 Å². The highest BCUT2D eigenvalue weighted by atomic mass is 16.6. The van der Waals surface area contributed by atoms with Crippen LogP contribution in [0.2, 0.25) is 0 Å². The second-order valence-corrected chi connectivity index (χ2v) is 20.3. The highest BCUT2D eigenvalue weighted by molar-refractivity contribution is 5.71. The Morgan fingerprint density at radius 3 is 0.705 bits per heavy atom. The van der Waals surface area contributed by atoms with Crippen LogP contribution < -0.4 is 0 Å². The number of hydrogen-bond acceptors (Lipinski definition) is 6. The summed E-state index contributed by atoms with van der Waals surface area (Å²) in [5, 5.41) is 0. The zero-order valence-electron chi connectivity index (χ0n) is 42.0. The van der Waals surface area contributed by atoms with Crippen molar-refractivity contribution >= 4 is 17.9 Å². The average Bonchev–Trinajstić information content (AvgIpc) is 3.22. The number of carbonyl (C=O) groups is 3. The number of rotatable bonds is 48. The first-order chi connectivity index (χ1) is 29.6. The molecule has 0 saturated heterocycles. The minimum Gasteiger partial charge on any atom is -0.462 e. The van der Waals surface area contributed by atoms with Crippen molar-refractivity contribution in [3.05, 3.63) is 0 Å². The summed E-state index contributed by atoms with van der Waals surface area (Å²) in [7, 11) is 0. The van der Waals surface area contributed by atoms with Crippen LogP contribution in [-0.4, -0.2) is 37.2 Å². The molecule has 61 heavy (non-hydrogen) atoms. The van der Waals surface area contributed by atoms with Crippen molar-refractivity contribution in [2.24, 2.45) is 17.8 Å². The number of carbonyl (C=O) groups excluding carboxylic acids is 3. The van der Waals surface area contributed by atoms with E-state index in [0.29, 0.717) is 19.3 Å². The minimum absolute atomic E-state index is 0.0647. The van der Waals surface area contributed by atoms with Crippen LogP contribution in [0.3, 0.4) is 0 Å². The highest BCUT2D eigenvalue weighted by Crippen LogP contribution is 2.18. The van der Waals surface area contributed by atoms with Gasteiger partial charge >= 0.3 is 17.9 Å². The molecule has 0 aliphatic carbocycles. The lowest BCUT2D eigenvalue weighted by atomic mass is 10.0. The number of ether oxygens (including phenoxy) is 3. The van der Waals surface area contributed by atoms with E-state index in [1.54, 1.807) is 0 Å². The third kappa shape index (κ3) is 49.3. The van der Waals surface area contributed by atoms with Gasteiger partial charge in [-0.25, -0.2) is 0 Å². The summed E-state index contributed by atoms with van der Waals surface area (Å²) in [5.74, 6) is 1.62. The molecular weight excluding hydrogens is 757 g/mol. The number of esters is 3. The zero-order valence-corrected chi connectivity index (χ0v) is 42.0. The Bertz CT molecular complexity index is 945. The predicted octanol–water partition coefficient (Wildman–Crippen LogP) is 17.6. The molecule has 0 aliphatic heterocycles. The summed E-state index contributed by atoms with van der Waals surface area (Å²) in [4.78, 5) is 38.0. The molecule has 0 aromatic heterocycles. The maximum absolute atomic E-state index is 12.8. The molecule has 6 heteroatoms. The van der Waals surface area contributed by atoms with E-state index in [4.69, 9.17) is 14.2 Å². The Balaban J connectivity index is 4.27. The molecule has 362 valence electrons. The van der Waals surface area contributed by atoms with Gasteiger partial charge in [0.25, 0.3) is 0 Å². The summed E-state index contributed by atoms with van der Waals surface area (Å²) in [6, 6.07) is 0. The van der Waals surface area contributed by atoms with Crippen molar-refractivity contribution in [3.8, 4) is 0 Å². The number of hydrogen-bond donors (Lipinski definition) is 0. The predicted molar refractivity (Wildman–Crippen MR) is 261 cm³/mol. The lowest BCUT2D eigenvalue weighted by Crippen LogP contribution is -2.30. The molecule has 6 nitrogen and oxygen atoms in total. The molecule has 0 radical (unpaired) electrons. The Morgan fingerprint density at radius 2 is 0.475 bits per heavy atom. The number of unbranched alkanes of at least 4 members (excludes halogenated alkanes) is 31. The molecule has 1 atom stereocenters. The van der Waals surface area contributed by atoms with Gasteiger partial charge in [-0.15, -0.1) is 0 Å². The topological polar surface area (TPSA) is 78.9 Å². The molecule has 0 aliphatic rings. The van der Waals surface area contributed by atoms with E-state index in [1.807, 2.05) is 0 Å². The van der Waals surface area contributed by atoms with Crippen molar-refractivity contribution in [2.45, 2.75) is 304 Å². The van der Waals surface area contributed by atoms with E-state index in [1.165, 1.54) is 180 Å². The Morgan fingerprint density at radius 1 is 0.279 bits per heavy atom. The molecule has 0 heterocycles. The Kier molecular flexibility index (Phi) is 45.2. The summed E-state index contributed by atoms with van der Waals surface area (Å²) >= 11 is 0. The van der Waals surface area contributed by atoms with E-state index < -0.39 is 6.10 Å². The van der Waals surface area contributed by atoms with E-state index in [2.05, 4.69) is 41.5 Å². The molecular formula is C55H106O6. The van der Waals surface area contributed by atoms with Crippen molar-refractivity contribution in [3.63, 3.8) is 0 Å². The maximum atomic E-state index is 12.8. The van der Waals surface area contributed by atoms with Crippen molar-refractivity contribution in [2.75, 3.05) is 13.2 Å². The van der Waals surface area contributed by atoms with Crippen LogP contribution in [0.15, 0.2) is 0 Å². The summed E-state index contributed by atoms with van der Waals surface area (Å²) in [5.41, 5.74) is 0. The molecule has 0 unspecified atom stereocenters. The van der Waals surface area contributed by atoms with E-state index in [9.17, 15) is 14.4 Å². The average molecular weight is 863 g/mol. The molecule has 0 rings (SSSR count). The molecule has 0 spiro atoms. The van der Waals surface area contributed by atoms with Gasteiger partial charge in [0.2, 0.25) is 0 Å². The van der Waals surface area contributed by atoms with Gasteiger partial charge in [0.15, 0.2) is 6.10 Å². The van der Waals surface area contributed by atoms with Gasteiger partial charge in [0, 0.05) is 19.3 Å². The highest BCUT2D eigenvalue weighted by Gasteiger charge is 2.19. The second-order valence-electron chi connectivity index (χ2n) is 20.3. The van der Waals surface area contributed by atoms with Crippen LogP contribution >= 0.6 is 0 Å². The summed E-state index contributed by atoms with van der Waals surface area (Å²) < 4.78 is 16.8. The van der Waals surface area contributed by atoms with Gasteiger partial charge < -0.3 is 14.2 Å². The molecule has 0 N–H and O–H groups in total. The van der Waals surface area contributed by atoms with E-state index >= 15 is 0 Å². The third-order valence-electron chi connectivity index (χ3n) is 12.4. The van der Waals surface area contributed by atoms with Gasteiger partial charge in [0.05, 0.1) is 0 Å². The van der Waals surface area contributed by atoms with Crippen molar-refractivity contribution < 1.29 is 28.6 Å². The van der Waals surface area contributed by atoms with Gasteiger partial charge in [0.1, 0.15) is 13.2 Å². The Hall–Kier alpha value is -1.59. The monoisotopic (exact) mass is 863 g/mol. The van der Waals surface area contributed by atoms with E-state index in [0.717, 1.165) is 75.5 Å². The third-order valence-corrected chi connectivity index (χ3v) is 12.4. The first kappa shape index (κ1) is 59.4. The van der Waals surface area contributed by atoms with Gasteiger partial charge in [-0.1, -0.05) is 260 Å². The summed E-state index contributed by atoms with van der Waals surface area (Å²) in [6.45, 7) is 13.7. The second kappa shape index (κ2) is 46.4. The van der Waals surface area contributed by atoms with Gasteiger partial charge in [-0.2, -0.15) is 0 Å².